The monoisotopic (exact) mass is 182 g/mol. The topological polar surface area (TPSA) is 83.8 Å². The Morgan fingerprint density at radius 2 is 2.54 bits per heavy atom. The molecule has 4 N–H and O–H groups in total. The van der Waals surface area contributed by atoms with Gasteiger partial charge in [0.2, 0.25) is 6.41 Å². The number of aryl methyl sites for hydroxylation is 1. The third kappa shape index (κ3) is 2.87. The van der Waals surface area contributed by atoms with Gasteiger partial charge in [-0.2, -0.15) is 5.10 Å². The number of amides is 1. The number of carbonyl (C=O) groups is 1. The Labute approximate surface area is 76.7 Å². The zero-order valence-electron chi connectivity index (χ0n) is 7.42. The highest BCUT2D eigenvalue weighted by Crippen LogP contribution is 2.05. The SMILES string of the molecule is NCc1[nH]ncc1CCCNC=O. The lowest BCUT2D eigenvalue weighted by Gasteiger charge is -1.99. The third-order valence-corrected chi connectivity index (χ3v) is 1.86. The molecule has 0 fully saturated rings. The zero-order chi connectivity index (χ0) is 9.52. The number of hydrogen-bond donors (Lipinski definition) is 3. The van der Waals surface area contributed by atoms with Crippen LogP contribution in [0, 0.1) is 0 Å². The van der Waals surface area contributed by atoms with Crippen molar-refractivity contribution in [1.29, 1.82) is 0 Å². The summed E-state index contributed by atoms with van der Waals surface area (Å²) in [5, 5.41) is 9.33. The number of rotatable bonds is 6. The highest BCUT2D eigenvalue weighted by molar-refractivity contribution is 5.45. The summed E-state index contributed by atoms with van der Waals surface area (Å²) in [4.78, 5) is 9.94. The van der Waals surface area contributed by atoms with E-state index in [4.69, 9.17) is 5.73 Å². The third-order valence-electron chi connectivity index (χ3n) is 1.86. The van der Waals surface area contributed by atoms with E-state index < -0.39 is 0 Å². The summed E-state index contributed by atoms with van der Waals surface area (Å²) < 4.78 is 0. The van der Waals surface area contributed by atoms with Crippen molar-refractivity contribution in [3.05, 3.63) is 17.5 Å². The molecule has 1 heterocycles. The molecule has 0 radical (unpaired) electrons. The Balaban J connectivity index is 2.31. The van der Waals surface area contributed by atoms with Crippen LogP contribution >= 0.6 is 0 Å². The molecule has 1 aromatic rings. The fraction of sp³-hybridized carbons (Fsp3) is 0.500. The minimum Gasteiger partial charge on any atom is -0.359 e. The van der Waals surface area contributed by atoms with Crippen LogP contribution in [0.3, 0.4) is 0 Å². The average molecular weight is 182 g/mol. The summed E-state index contributed by atoms with van der Waals surface area (Å²) in [5.74, 6) is 0. The summed E-state index contributed by atoms with van der Waals surface area (Å²) in [6.45, 7) is 1.18. The van der Waals surface area contributed by atoms with E-state index in [9.17, 15) is 4.79 Å². The minimum atomic E-state index is 0.483. The van der Waals surface area contributed by atoms with Gasteiger partial charge in [0.15, 0.2) is 0 Å². The van der Waals surface area contributed by atoms with Crippen molar-refractivity contribution in [3.63, 3.8) is 0 Å². The van der Waals surface area contributed by atoms with Crippen molar-refractivity contribution < 1.29 is 4.79 Å². The second-order valence-electron chi connectivity index (χ2n) is 2.75. The predicted octanol–water partition coefficient (Wildman–Crippen LogP) is -0.453. The molecule has 5 heteroatoms. The maximum absolute atomic E-state index is 9.94. The summed E-state index contributed by atoms with van der Waals surface area (Å²) >= 11 is 0. The molecular weight excluding hydrogens is 168 g/mol. The highest BCUT2D eigenvalue weighted by Gasteiger charge is 2.01. The Morgan fingerprint density at radius 3 is 3.23 bits per heavy atom. The molecule has 1 amide bonds. The molecular formula is C8H14N4O. The van der Waals surface area contributed by atoms with Crippen LogP contribution < -0.4 is 11.1 Å². The predicted molar refractivity (Wildman–Crippen MR) is 48.9 cm³/mol. The van der Waals surface area contributed by atoms with Gasteiger partial charge in [0.1, 0.15) is 0 Å². The van der Waals surface area contributed by atoms with Crippen LogP contribution in [0.1, 0.15) is 17.7 Å². The van der Waals surface area contributed by atoms with Gasteiger partial charge in [0.25, 0.3) is 0 Å². The van der Waals surface area contributed by atoms with E-state index in [1.807, 2.05) is 0 Å². The summed E-state index contributed by atoms with van der Waals surface area (Å²) in [6, 6.07) is 0. The Kier molecular flexibility index (Phi) is 3.98. The lowest BCUT2D eigenvalue weighted by molar-refractivity contribution is -0.109. The molecule has 0 saturated heterocycles. The van der Waals surface area contributed by atoms with Crippen LogP contribution in [0.5, 0.6) is 0 Å². The largest absolute Gasteiger partial charge is 0.359 e. The molecule has 0 spiro atoms. The summed E-state index contributed by atoms with van der Waals surface area (Å²) in [7, 11) is 0. The molecule has 0 aliphatic carbocycles. The molecule has 0 aliphatic heterocycles. The van der Waals surface area contributed by atoms with Crippen molar-refractivity contribution in [2.24, 2.45) is 5.73 Å². The maximum Gasteiger partial charge on any atom is 0.207 e. The van der Waals surface area contributed by atoms with Gasteiger partial charge in [-0.25, -0.2) is 0 Å². The van der Waals surface area contributed by atoms with E-state index in [1.54, 1.807) is 6.20 Å². The van der Waals surface area contributed by atoms with Crippen LogP contribution in [0.4, 0.5) is 0 Å². The number of carbonyl (C=O) groups excluding carboxylic acids is 1. The Bertz CT molecular complexity index is 258. The van der Waals surface area contributed by atoms with Crippen molar-refractivity contribution in [2.75, 3.05) is 6.54 Å². The summed E-state index contributed by atoms with van der Waals surface area (Å²) in [6.07, 6.45) is 4.29. The first-order chi connectivity index (χ1) is 6.38. The number of nitrogens with zero attached hydrogens (tertiary/aromatic N) is 1. The smallest absolute Gasteiger partial charge is 0.207 e. The molecule has 0 bridgehead atoms. The number of nitrogens with one attached hydrogen (secondary N) is 2. The second kappa shape index (κ2) is 5.31. The van der Waals surface area contributed by atoms with E-state index >= 15 is 0 Å². The van der Waals surface area contributed by atoms with Gasteiger partial charge in [-0.3, -0.25) is 9.89 Å². The van der Waals surface area contributed by atoms with Gasteiger partial charge in [-0.05, 0) is 18.4 Å². The molecule has 0 aromatic carbocycles. The van der Waals surface area contributed by atoms with Crippen molar-refractivity contribution >= 4 is 6.41 Å². The lowest BCUT2D eigenvalue weighted by atomic mass is 10.1. The number of nitrogens with two attached hydrogens (primary N) is 1. The maximum atomic E-state index is 9.94. The molecule has 0 atom stereocenters. The molecule has 0 aliphatic rings. The van der Waals surface area contributed by atoms with Gasteiger partial charge < -0.3 is 11.1 Å². The molecule has 5 nitrogen and oxygen atoms in total. The average Bonchev–Trinajstić information content (AvgIpc) is 2.60. The number of aromatic nitrogens is 2. The number of aromatic amines is 1. The van der Waals surface area contributed by atoms with Gasteiger partial charge in [0.05, 0.1) is 11.9 Å². The first-order valence-corrected chi connectivity index (χ1v) is 4.26. The molecule has 1 aromatic heterocycles. The zero-order valence-corrected chi connectivity index (χ0v) is 7.42. The molecule has 13 heavy (non-hydrogen) atoms. The van der Waals surface area contributed by atoms with Gasteiger partial charge in [-0.1, -0.05) is 0 Å². The van der Waals surface area contributed by atoms with Crippen molar-refractivity contribution in [2.45, 2.75) is 19.4 Å². The van der Waals surface area contributed by atoms with Crippen LogP contribution in [0.2, 0.25) is 0 Å². The van der Waals surface area contributed by atoms with Gasteiger partial charge in [0, 0.05) is 13.1 Å². The van der Waals surface area contributed by atoms with Gasteiger partial charge in [-0.15, -0.1) is 0 Å². The molecule has 1 rings (SSSR count). The van der Waals surface area contributed by atoms with E-state index in [1.165, 1.54) is 0 Å². The van der Waals surface area contributed by atoms with Crippen molar-refractivity contribution in [1.82, 2.24) is 15.5 Å². The van der Waals surface area contributed by atoms with E-state index in [0.29, 0.717) is 19.5 Å². The normalized spacial score (nSPS) is 9.92. The fourth-order valence-corrected chi connectivity index (χ4v) is 1.17. The van der Waals surface area contributed by atoms with E-state index in [0.717, 1.165) is 24.1 Å². The van der Waals surface area contributed by atoms with Crippen LogP contribution in [0.15, 0.2) is 6.20 Å². The Hall–Kier alpha value is -1.36. The van der Waals surface area contributed by atoms with Gasteiger partial charge >= 0.3 is 0 Å². The number of hydrogen-bond acceptors (Lipinski definition) is 3. The second-order valence-corrected chi connectivity index (χ2v) is 2.75. The van der Waals surface area contributed by atoms with E-state index in [-0.39, 0.29) is 0 Å². The molecule has 0 unspecified atom stereocenters. The summed E-state index contributed by atoms with van der Waals surface area (Å²) in [5.41, 5.74) is 7.59. The standard InChI is InChI=1S/C8H14N4O/c9-4-8-7(5-11-12-8)2-1-3-10-6-13/h5-6H,1-4,9H2,(H,10,13)(H,11,12). The Morgan fingerprint density at radius 1 is 1.69 bits per heavy atom. The number of H-pyrrole nitrogens is 1. The molecule has 72 valence electrons. The highest BCUT2D eigenvalue weighted by atomic mass is 16.1. The lowest BCUT2D eigenvalue weighted by Crippen LogP contribution is -2.13. The minimum absolute atomic E-state index is 0.483. The first-order valence-electron chi connectivity index (χ1n) is 4.26. The molecule has 0 saturated carbocycles. The van der Waals surface area contributed by atoms with E-state index in [2.05, 4.69) is 15.5 Å². The first kappa shape index (κ1) is 9.73. The van der Waals surface area contributed by atoms with Crippen LogP contribution in [-0.2, 0) is 17.8 Å². The van der Waals surface area contributed by atoms with Crippen molar-refractivity contribution in [3.8, 4) is 0 Å². The van der Waals surface area contributed by atoms with Crippen LogP contribution in [0.25, 0.3) is 0 Å². The fourth-order valence-electron chi connectivity index (χ4n) is 1.17. The van der Waals surface area contributed by atoms with Crippen LogP contribution in [-0.4, -0.2) is 23.2 Å². The quantitative estimate of drug-likeness (QED) is 0.411.